The summed E-state index contributed by atoms with van der Waals surface area (Å²) in [6.07, 6.45) is 0. The van der Waals surface area contributed by atoms with Crippen molar-refractivity contribution in [3.8, 4) is 11.5 Å². The first-order chi connectivity index (χ1) is 12.3. The molecule has 0 amide bonds. The molecule has 0 bridgehead atoms. The van der Waals surface area contributed by atoms with Gasteiger partial charge in [-0.15, -0.1) is 0 Å². The van der Waals surface area contributed by atoms with Crippen molar-refractivity contribution in [2.75, 3.05) is 32.7 Å². The number of nitrogens with zero attached hydrogens (tertiary/aromatic N) is 1. The highest BCUT2D eigenvalue weighted by Gasteiger charge is 2.24. The molecule has 0 unspecified atom stereocenters. The zero-order valence-corrected chi connectivity index (χ0v) is 16.2. The molecule has 140 valence electrons. The Labute approximate surface area is 157 Å². The van der Waals surface area contributed by atoms with Gasteiger partial charge in [-0.25, -0.2) is 13.2 Å². The van der Waals surface area contributed by atoms with E-state index in [0.717, 1.165) is 4.31 Å². The van der Waals surface area contributed by atoms with Crippen LogP contribution in [0, 0.1) is 0 Å². The van der Waals surface area contributed by atoms with Crippen LogP contribution in [0.2, 0.25) is 5.02 Å². The van der Waals surface area contributed by atoms with Crippen LogP contribution >= 0.6 is 11.6 Å². The third-order valence-corrected chi connectivity index (χ3v) is 5.84. The van der Waals surface area contributed by atoms with Crippen LogP contribution < -0.4 is 13.8 Å². The van der Waals surface area contributed by atoms with Crippen molar-refractivity contribution in [1.82, 2.24) is 0 Å². The van der Waals surface area contributed by atoms with Crippen molar-refractivity contribution < 1.29 is 27.4 Å². The molecule has 0 N–H and O–H groups in total. The van der Waals surface area contributed by atoms with Crippen molar-refractivity contribution >= 4 is 33.3 Å². The number of rotatable bonds is 6. The van der Waals surface area contributed by atoms with Crippen LogP contribution in [0.1, 0.15) is 10.4 Å². The molecule has 2 aromatic carbocycles. The Morgan fingerprint density at radius 1 is 1.00 bits per heavy atom. The normalized spacial score (nSPS) is 11.0. The van der Waals surface area contributed by atoms with Crippen LogP contribution in [0.5, 0.6) is 11.5 Å². The number of carbonyl (C=O) groups is 1. The number of esters is 1. The van der Waals surface area contributed by atoms with Crippen molar-refractivity contribution in [3.63, 3.8) is 0 Å². The minimum atomic E-state index is -3.91. The lowest BCUT2D eigenvalue weighted by molar-refractivity contribution is 0.0601. The van der Waals surface area contributed by atoms with Gasteiger partial charge in [0.15, 0.2) is 11.5 Å². The third-order valence-electron chi connectivity index (χ3n) is 3.73. The van der Waals surface area contributed by atoms with Crippen LogP contribution in [0.4, 0.5) is 5.69 Å². The maximum Gasteiger partial charge on any atom is 0.339 e. The Bertz CT molecular complexity index is 929. The Morgan fingerprint density at radius 2 is 1.65 bits per heavy atom. The number of halogens is 1. The van der Waals surface area contributed by atoms with E-state index >= 15 is 0 Å². The van der Waals surface area contributed by atoms with E-state index in [2.05, 4.69) is 4.74 Å². The zero-order chi connectivity index (χ0) is 19.5. The molecular weight excluding hydrogens is 382 g/mol. The topological polar surface area (TPSA) is 82.1 Å². The number of benzene rings is 2. The fourth-order valence-electron chi connectivity index (χ4n) is 2.25. The highest BCUT2D eigenvalue weighted by molar-refractivity contribution is 7.92. The van der Waals surface area contributed by atoms with Crippen LogP contribution in [0.25, 0.3) is 0 Å². The van der Waals surface area contributed by atoms with E-state index in [-0.39, 0.29) is 26.9 Å². The molecule has 0 aliphatic rings. The summed E-state index contributed by atoms with van der Waals surface area (Å²) in [5, 5.41) is 0.164. The van der Waals surface area contributed by atoms with Gasteiger partial charge in [-0.2, -0.15) is 0 Å². The van der Waals surface area contributed by atoms with E-state index < -0.39 is 16.0 Å². The van der Waals surface area contributed by atoms with Gasteiger partial charge in [0.05, 0.1) is 42.5 Å². The lowest BCUT2D eigenvalue weighted by atomic mass is 10.2. The second-order valence-electron chi connectivity index (χ2n) is 5.15. The van der Waals surface area contributed by atoms with Gasteiger partial charge in [-0.3, -0.25) is 4.31 Å². The van der Waals surface area contributed by atoms with Crippen LogP contribution in [0.15, 0.2) is 41.3 Å². The quantitative estimate of drug-likeness (QED) is 0.694. The van der Waals surface area contributed by atoms with Crippen molar-refractivity contribution in [1.29, 1.82) is 0 Å². The minimum absolute atomic E-state index is 0.00668. The predicted molar refractivity (Wildman–Crippen MR) is 97.9 cm³/mol. The van der Waals surface area contributed by atoms with E-state index in [1.807, 2.05) is 0 Å². The molecular formula is C17H18ClNO6S. The number of carbonyl (C=O) groups excluding carboxylic acids is 1. The summed E-state index contributed by atoms with van der Waals surface area (Å²) < 4.78 is 41.8. The number of sulfonamides is 1. The molecule has 9 heteroatoms. The highest BCUT2D eigenvalue weighted by Crippen LogP contribution is 2.32. The third kappa shape index (κ3) is 3.71. The second kappa shape index (κ2) is 7.84. The van der Waals surface area contributed by atoms with E-state index in [0.29, 0.717) is 5.75 Å². The number of ether oxygens (including phenoxy) is 3. The summed E-state index contributed by atoms with van der Waals surface area (Å²) >= 11 is 5.98. The summed E-state index contributed by atoms with van der Waals surface area (Å²) in [5.41, 5.74) is 0.325. The van der Waals surface area contributed by atoms with Gasteiger partial charge in [0.1, 0.15) is 0 Å². The molecule has 0 aromatic heterocycles. The Morgan fingerprint density at radius 3 is 2.23 bits per heavy atom. The Hall–Kier alpha value is -2.45. The summed E-state index contributed by atoms with van der Waals surface area (Å²) in [6.45, 7) is 0. The molecule has 26 heavy (non-hydrogen) atoms. The fraction of sp³-hybridized carbons (Fsp3) is 0.235. The molecule has 0 aliphatic heterocycles. The molecule has 0 fully saturated rings. The molecule has 0 aliphatic carbocycles. The molecule has 0 saturated heterocycles. The molecule has 0 heterocycles. The van der Waals surface area contributed by atoms with E-state index in [4.69, 9.17) is 21.1 Å². The summed E-state index contributed by atoms with van der Waals surface area (Å²) in [7, 11) is 1.55. The summed E-state index contributed by atoms with van der Waals surface area (Å²) in [6, 6.07) is 8.55. The maximum absolute atomic E-state index is 12.9. The van der Waals surface area contributed by atoms with Crippen molar-refractivity contribution in [2.45, 2.75) is 4.90 Å². The van der Waals surface area contributed by atoms with E-state index in [1.165, 1.54) is 64.8 Å². The van der Waals surface area contributed by atoms with Gasteiger partial charge in [0.25, 0.3) is 10.0 Å². The largest absolute Gasteiger partial charge is 0.493 e. The lowest BCUT2D eigenvalue weighted by Crippen LogP contribution is -2.26. The van der Waals surface area contributed by atoms with Crippen LogP contribution in [-0.4, -0.2) is 42.8 Å². The number of methoxy groups -OCH3 is 3. The summed E-state index contributed by atoms with van der Waals surface area (Å²) in [4.78, 5) is 11.8. The van der Waals surface area contributed by atoms with Crippen molar-refractivity contribution in [3.05, 3.63) is 47.0 Å². The first kappa shape index (κ1) is 19.9. The first-order valence-corrected chi connectivity index (χ1v) is 9.17. The SMILES string of the molecule is COC(=O)c1cc(N(C)S(=O)(=O)c2ccc(OC)c(OC)c2)ccc1Cl. The van der Waals surface area contributed by atoms with Gasteiger partial charge >= 0.3 is 5.97 Å². The molecule has 0 atom stereocenters. The number of hydrogen-bond acceptors (Lipinski definition) is 6. The fourth-order valence-corrected chi connectivity index (χ4v) is 3.65. The monoisotopic (exact) mass is 399 g/mol. The molecule has 0 radical (unpaired) electrons. The van der Waals surface area contributed by atoms with E-state index in [1.54, 1.807) is 0 Å². The van der Waals surface area contributed by atoms with Crippen LogP contribution in [0.3, 0.4) is 0 Å². The van der Waals surface area contributed by atoms with Gasteiger partial charge in [-0.05, 0) is 30.3 Å². The van der Waals surface area contributed by atoms with Gasteiger partial charge in [0, 0.05) is 13.1 Å². The average Bonchev–Trinajstić information content (AvgIpc) is 2.66. The summed E-state index contributed by atoms with van der Waals surface area (Å²) in [5.74, 6) is 0.0377. The van der Waals surface area contributed by atoms with Crippen molar-refractivity contribution in [2.24, 2.45) is 0 Å². The molecule has 2 aromatic rings. The predicted octanol–water partition coefficient (Wildman–Crippen LogP) is 2.97. The minimum Gasteiger partial charge on any atom is -0.493 e. The second-order valence-corrected chi connectivity index (χ2v) is 7.52. The maximum atomic E-state index is 12.9. The highest BCUT2D eigenvalue weighted by atomic mass is 35.5. The number of hydrogen-bond donors (Lipinski definition) is 0. The van der Waals surface area contributed by atoms with Gasteiger partial charge < -0.3 is 14.2 Å². The molecule has 2 rings (SSSR count). The number of anilines is 1. The average molecular weight is 400 g/mol. The molecule has 0 saturated carbocycles. The van der Waals surface area contributed by atoms with Gasteiger partial charge in [0.2, 0.25) is 0 Å². The zero-order valence-electron chi connectivity index (χ0n) is 14.6. The first-order valence-electron chi connectivity index (χ1n) is 7.35. The molecule has 7 nitrogen and oxygen atoms in total. The smallest absolute Gasteiger partial charge is 0.339 e. The molecule has 0 spiro atoms. The van der Waals surface area contributed by atoms with Crippen LogP contribution in [-0.2, 0) is 14.8 Å². The van der Waals surface area contributed by atoms with E-state index in [9.17, 15) is 13.2 Å². The Kier molecular flexibility index (Phi) is 5.99. The standard InChI is InChI=1S/C17H18ClNO6S/c1-19(11-5-7-14(18)13(9-11)17(20)25-4)26(21,22)12-6-8-15(23-2)16(10-12)24-3/h5-10H,1-4H3. The lowest BCUT2D eigenvalue weighted by Gasteiger charge is -2.21. The Balaban J connectivity index is 2.48. The van der Waals surface area contributed by atoms with Gasteiger partial charge in [-0.1, -0.05) is 11.6 Å².